The number of carbonyl (C=O) groups excluding carboxylic acids is 1. The first-order valence-electron chi connectivity index (χ1n) is 28.5. The second-order valence-corrected chi connectivity index (χ2v) is 21.2. The topological polar surface area (TPSA) is 374 Å². The summed E-state index contributed by atoms with van der Waals surface area (Å²) in [6.07, 6.45) is 29.9. The molecule has 1 rings (SSSR count). The first-order valence-corrected chi connectivity index (χ1v) is 28.5. The largest absolute Gasteiger partial charge is 0.478 e. The van der Waals surface area contributed by atoms with Gasteiger partial charge in [-0.15, -0.1) is 0 Å². The molecule has 0 aromatic rings. The van der Waals surface area contributed by atoms with E-state index in [4.69, 9.17) is 21.3 Å². The zero-order valence-electron chi connectivity index (χ0n) is 48.3. The third-order valence-electron chi connectivity index (χ3n) is 13.6. The summed E-state index contributed by atoms with van der Waals surface area (Å²) in [5.41, 5.74) is 10.8. The Hall–Kier alpha value is -5.23. The Labute approximate surface area is 485 Å². The summed E-state index contributed by atoms with van der Waals surface area (Å²) in [5.74, 6) is -2.65. The van der Waals surface area contributed by atoms with Crippen molar-refractivity contribution in [3.05, 3.63) is 145 Å². The van der Waals surface area contributed by atoms with E-state index in [9.17, 15) is 70.9 Å². The molecule has 0 aromatic carbocycles. The van der Waals surface area contributed by atoms with Crippen LogP contribution in [0.4, 0.5) is 0 Å². The van der Waals surface area contributed by atoms with E-state index in [1.165, 1.54) is 31.2 Å². The number of aliphatic carboxylic acids is 1. The third kappa shape index (κ3) is 37.8. The van der Waals surface area contributed by atoms with Gasteiger partial charge in [0.05, 0.1) is 79.4 Å². The van der Waals surface area contributed by atoms with Crippen LogP contribution in [0.1, 0.15) is 118 Å². The number of carboxylic acid groups (broad SMARTS) is 1. The Morgan fingerprint density at radius 1 is 0.561 bits per heavy atom. The van der Waals surface area contributed by atoms with Crippen LogP contribution in [0.25, 0.3) is 0 Å². The summed E-state index contributed by atoms with van der Waals surface area (Å²) >= 11 is 0. The molecule has 19 heteroatoms. The first kappa shape index (κ1) is 74.8. The minimum absolute atomic E-state index is 0.00796. The number of nitrogens with zero attached hydrogens (tertiary/aromatic N) is 1. The van der Waals surface area contributed by atoms with Gasteiger partial charge in [-0.3, -0.25) is 9.79 Å². The molecule has 0 spiro atoms. The maximum absolute atomic E-state index is 12.8. The lowest BCUT2D eigenvalue weighted by Gasteiger charge is -2.25. The molecular weight excluding hydrogens is 1050 g/mol. The highest BCUT2D eigenvalue weighted by Crippen LogP contribution is 2.33. The van der Waals surface area contributed by atoms with Gasteiger partial charge < -0.3 is 82.6 Å². The molecule has 1 aliphatic heterocycles. The molecule has 1 heterocycles. The minimum atomic E-state index is -1.18. The van der Waals surface area contributed by atoms with Crippen LogP contribution in [0, 0.1) is 17.8 Å². The van der Waals surface area contributed by atoms with E-state index < -0.39 is 97.3 Å². The Kier molecular flexibility index (Phi) is 40.4. The van der Waals surface area contributed by atoms with Crippen LogP contribution >= 0.6 is 0 Å². The number of epoxide rings is 1. The molecule has 462 valence electrons. The number of ether oxygens (including phenoxy) is 1. The Bertz CT molecular complexity index is 2180. The van der Waals surface area contributed by atoms with Gasteiger partial charge in [-0.1, -0.05) is 161 Å². The van der Waals surface area contributed by atoms with Gasteiger partial charge in [0.25, 0.3) is 0 Å². The predicted octanol–water partition coefficient (Wildman–Crippen LogP) is 4.45. The van der Waals surface area contributed by atoms with Crippen molar-refractivity contribution in [3.63, 3.8) is 0 Å². The van der Waals surface area contributed by atoms with Crippen LogP contribution in [-0.4, -0.2) is 176 Å². The molecule has 1 aliphatic rings. The number of aliphatic hydroxyl groups excluding tert-OH is 12. The molecule has 0 aliphatic carbocycles. The zero-order chi connectivity index (χ0) is 61.4. The number of allylic oxidation sites excluding steroid dienone is 16. The van der Waals surface area contributed by atoms with Crippen molar-refractivity contribution in [3.8, 4) is 0 Å². The fourth-order valence-corrected chi connectivity index (χ4v) is 8.42. The standard InChI is InChI=1S/C63H99N3O16/c1-43(26-19-15-11-10-12-16-20-27-44(2)62(80)81)60(79)46(4)56(76)34-22-18-14-9-7-5-6-8-13-17-21-33-55(75)45(3)57(77)40-52(72)37-48(68)29-24-30-49(69)38-53(73)41-58(78)61-59(82-61)42-54(74)39-50(70)31-23-28-47(67)36-51(71)32-25-35-66-63(64)65/h5-10,12-14,16-24,26-27,29,31,34,43,45-56,58-61,67-76,78-79H,11,15,25,28,30,32-33,35-42H2,1-4H3,(H,80,81)(H4,64,65,66)/b6-5+,9-7+,12-10+,13-8+,18-14+,20-16+,21-17+,26-19+,29-24+,31-23+,34-22+,44-27+. The third-order valence-corrected chi connectivity index (χ3v) is 13.6. The van der Waals surface area contributed by atoms with Crippen LogP contribution in [0.15, 0.2) is 150 Å². The van der Waals surface area contributed by atoms with Crippen molar-refractivity contribution in [2.75, 3.05) is 6.54 Å². The molecule has 17 atom stereocenters. The van der Waals surface area contributed by atoms with Crippen LogP contribution < -0.4 is 11.5 Å². The number of hydrogen-bond acceptors (Lipinski definition) is 16. The van der Waals surface area contributed by atoms with Gasteiger partial charge in [-0.2, -0.15) is 0 Å². The lowest BCUT2D eigenvalue weighted by atomic mass is 9.88. The SMILES string of the molecule is C\C(=C/C=C/C=C/CC/C=C/C(C)C(O)C(C)C(O)/C=C/C=C/C=C/C=C/C=C/C=C/CC(O)C(C)C(=O)CC(O)CC(O)/C=C/CC(O)CC(O)CC(O)C1OC1CC(O)CC(O)/C=C/CC(O)CC(O)CCCN=C(N)N)C(=O)O. The summed E-state index contributed by atoms with van der Waals surface area (Å²) < 4.78 is 5.50. The number of guanidine groups is 1. The van der Waals surface area contributed by atoms with E-state index >= 15 is 0 Å². The van der Waals surface area contributed by atoms with Crippen molar-refractivity contribution in [2.45, 2.75) is 203 Å². The van der Waals surface area contributed by atoms with Gasteiger partial charge >= 0.3 is 5.97 Å². The van der Waals surface area contributed by atoms with E-state index in [0.717, 1.165) is 12.8 Å². The predicted molar refractivity (Wildman–Crippen MR) is 320 cm³/mol. The number of unbranched alkanes of at least 4 members (excludes halogenated alkanes) is 1. The van der Waals surface area contributed by atoms with Gasteiger partial charge in [-0.05, 0) is 64.7 Å². The lowest BCUT2D eigenvalue weighted by molar-refractivity contribution is -0.132. The number of carbonyl (C=O) groups is 2. The number of Topliss-reactive ketones (excluding diaryl/α,β-unsaturated/α-hetero) is 1. The highest BCUT2D eigenvalue weighted by molar-refractivity contribution is 5.86. The Morgan fingerprint density at radius 2 is 1.10 bits per heavy atom. The number of hydrogen-bond donors (Lipinski definition) is 15. The second kappa shape index (κ2) is 44.3. The summed E-state index contributed by atoms with van der Waals surface area (Å²) in [5, 5.41) is 134. The maximum Gasteiger partial charge on any atom is 0.331 e. The number of aliphatic imine (C=N–C) groups is 1. The van der Waals surface area contributed by atoms with Gasteiger partial charge in [0.15, 0.2) is 5.96 Å². The van der Waals surface area contributed by atoms with E-state index in [1.807, 2.05) is 55.5 Å². The minimum Gasteiger partial charge on any atom is -0.478 e. The highest BCUT2D eigenvalue weighted by Gasteiger charge is 2.45. The number of nitrogens with two attached hydrogens (primary N) is 2. The molecule has 1 fully saturated rings. The van der Waals surface area contributed by atoms with Crippen LogP contribution in [-0.2, 0) is 14.3 Å². The van der Waals surface area contributed by atoms with E-state index in [1.54, 1.807) is 80.7 Å². The van der Waals surface area contributed by atoms with Gasteiger partial charge in [-0.25, -0.2) is 4.79 Å². The number of carboxylic acids is 1. The van der Waals surface area contributed by atoms with Crippen LogP contribution in [0.2, 0.25) is 0 Å². The second-order valence-electron chi connectivity index (χ2n) is 21.2. The Morgan fingerprint density at radius 3 is 1.70 bits per heavy atom. The van der Waals surface area contributed by atoms with Crippen molar-refractivity contribution >= 4 is 17.7 Å². The molecule has 17 unspecified atom stereocenters. The average molecular weight is 1150 g/mol. The van der Waals surface area contributed by atoms with E-state index in [0.29, 0.717) is 19.4 Å². The zero-order valence-corrected chi connectivity index (χ0v) is 48.3. The van der Waals surface area contributed by atoms with Crippen molar-refractivity contribution in [2.24, 2.45) is 34.2 Å². The molecule has 0 radical (unpaired) electrons. The van der Waals surface area contributed by atoms with Gasteiger partial charge in [0, 0.05) is 62.0 Å². The number of ketones is 1. The van der Waals surface area contributed by atoms with Crippen LogP contribution in [0.5, 0.6) is 0 Å². The maximum atomic E-state index is 12.8. The fourth-order valence-electron chi connectivity index (χ4n) is 8.42. The first-order chi connectivity index (χ1) is 38.9. The summed E-state index contributed by atoms with van der Waals surface area (Å²) in [7, 11) is 0. The summed E-state index contributed by atoms with van der Waals surface area (Å²) in [6.45, 7) is 7.18. The molecule has 19 nitrogen and oxygen atoms in total. The van der Waals surface area contributed by atoms with E-state index in [-0.39, 0.29) is 93.4 Å². The average Bonchev–Trinajstić information content (AvgIpc) is 4.36. The lowest BCUT2D eigenvalue weighted by Crippen LogP contribution is -2.32. The Balaban J connectivity index is 2.31. The van der Waals surface area contributed by atoms with Crippen molar-refractivity contribution < 1.29 is 80.7 Å². The van der Waals surface area contributed by atoms with E-state index in [2.05, 4.69) is 4.99 Å². The van der Waals surface area contributed by atoms with Crippen LogP contribution in [0.3, 0.4) is 0 Å². The number of aliphatic hydroxyl groups is 12. The highest BCUT2D eigenvalue weighted by atomic mass is 16.6. The smallest absolute Gasteiger partial charge is 0.331 e. The molecule has 0 saturated carbocycles. The summed E-state index contributed by atoms with van der Waals surface area (Å²) in [6, 6.07) is 0. The molecule has 0 amide bonds. The molecule has 82 heavy (non-hydrogen) atoms. The normalized spacial score (nSPS) is 21.4. The van der Waals surface area contributed by atoms with Crippen molar-refractivity contribution in [1.29, 1.82) is 0 Å². The molecule has 0 aromatic heterocycles. The van der Waals surface area contributed by atoms with Crippen molar-refractivity contribution in [1.82, 2.24) is 0 Å². The molecule has 1 saturated heterocycles. The molecule has 17 N–H and O–H groups in total. The van der Waals surface area contributed by atoms with Gasteiger partial charge in [0.2, 0.25) is 0 Å². The van der Waals surface area contributed by atoms with Gasteiger partial charge in [0.1, 0.15) is 11.9 Å². The molecule has 0 bridgehead atoms. The summed E-state index contributed by atoms with van der Waals surface area (Å²) in [4.78, 5) is 27.4. The number of rotatable bonds is 45. The molecular formula is C63H99N3O16. The fraction of sp³-hybridized carbons (Fsp3) is 0.571. The monoisotopic (exact) mass is 1150 g/mol. The quantitative estimate of drug-likeness (QED) is 0.00762.